The van der Waals surface area contributed by atoms with Crippen LogP contribution >= 0.6 is 11.8 Å². The monoisotopic (exact) mass is 405 g/mol. The number of carbonyl (C=O) groups excluding carboxylic acids is 2. The maximum absolute atomic E-state index is 12.5. The van der Waals surface area contributed by atoms with E-state index in [-0.39, 0.29) is 24.2 Å². The standard InChI is InChI=1S/C23H19NO4S/c1-15-5-2-3-8-19(15)23(26)24-17-6-4-7-18(12-17)29-13-20(25)16-9-10-21-22(11-16)28-14-27-21/h2-12H,13-14H2,1H3,(H,24,26). The first-order valence-corrected chi connectivity index (χ1v) is 10.1. The van der Waals surface area contributed by atoms with Gasteiger partial charge in [0.15, 0.2) is 17.3 Å². The quantitative estimate of drug-likeness (QED) is 0.464. The summed E-state index contributed by atoms with van der Waals surface area (Å²) in [5.74, 6) is 1.40. The fourth-order valence-corrected chi connectivity index (χ4v) is 3.84. The summed E-state index contributed by atoms with van der Waals surface area (Å²) in [6, 6.07) is 20.1. The third-order valence-corrected chi connectivity index (χ3v) is 5.54. The number of hydrogen-bond donors (Lipinski definition) is 1. The predicted molar refractivity (Wildman–Crippen MR) is 113 cm³/mol. The number of rotatable bonds is 6. The summed E-state index contributed by atoms with van der Waals surface area (Å²) in [4.78, 5) is 25.9. The molecule has 0 aromatic heterocycles. The zero-order valence-electron chi connectivity index (χ0n) is 15.8. The van der Waals surface area contributed by atoms with Crippen LogP contribution in [0.1, 0.15) is 26.3 Å². The molecule has 0 fully saturated rings. The van der Waals surface area contributed by atoms with Crippen molar-refractivity contribution in [2.45, 2.75) is 11.8 Å². The molecular weight excluding hydrogens is 386 g/mol. The van der Waals surface area contributed by atoms with Gasteiger partial charge in [0.2, 0.25) is 6.79 Å². The van der Waals surface area contributed by atoms with E-state index in [0.717, 1.165) is 10.5 Å². The lowest BCUT2D eigenvalue weighted by molar-refractivity contribution is 0.101. The lowest BCUT2D eigenvalue weighted by atomic mass is 10.1. The molecule has 29 heavy (non-hydrogen) atoms. The van der Waals surface area contributed by atoms with Crippen molar-refractivity contribution in [3.05, 3.63) is 83.4 Å². The first-order chi connectivity index (χ1) is 14.1. The normalized spacial score (nSPS) is 11.9. The van der Waals surface area contributed by atoms with Crippen LogP contribution in [0, 0.1) is 6.92 Å². The van der Waals surface area contributed by atoms with Gasteiger partial charge in [0.25, 0.3) is 5.91 Å². The van der Waals surface area contributed by atoms with Crippen molar-refractivity contribution in [1.29, 1.82) is 0 Å². The van der Waals surface area contributed by atoms with Crippen LogP contribution in [0.3, 0.4) is 0 Å². The van der Waals surface area contributed by atoms with Gasteiger partial charge < -0.3 is 14.8 Å². The van der Waals surface area contributed by atoms with Crippen molar-refractivity contribution < 1.29 is 19.1 Å². The Bertz CT molecular complexity index is 1080. The Hall–Kier alpha value is -3.25. The van der Waals surface area contributed by atoms with Crippen molar-refractivity contribution in [2.75, 3.05) is 17.9 Å². The van der Waals surface area contributed by atoms with Crippen molar-refractivity contribution in [3.8, 4) is 11.5 Å². The second kappa shape index (κ2) is 8.41. The molecule has 0 unspecified atom stereocenters. The highest BCUT2D eigenvalue weighted by Crippen LogP contribution is 2.33. The van der Waals surface area contributed by atoms with Crippen molar-refractivity contribution in [3.63, 3.8) is 0 Å². The van der Waals surface area contributed by atoms with E-state index >= 15 is 0 Å². The SMILES string of the molecule is Cc1ccccc1C(=O)Nc1cccc(SCC(=O)c2ccc3c(c2)OCO3)c1. The van der Waals surface area contributed by atoms with Crippen LogP contribution in [-0.4, -0.2) is 24.2 Å². The van der Waals surface area contributed by atoms with Gasteiger partial charge in [0.05, 0.1) is 5.75 Å². The van der Waals surface area contributed by atoms with Crippen molar-refractivity contribution >= 4 is 29.1 Å². The molecule has 1 aliphatic rings. The molecule has 6 heteroatoms. The zero-order chi connectivity index (χ0) is 20.2. The molecule has 4 rings (SSSR count). The van der Waals surface area contributed by atoms with Gasteiger partial charge in [-0.25, -0.2) is 0 Å². The molecule has 0 aliphatic carbocycles. The van der Waals surface area contributed by atoms with E-state index in [4.69, 9.17) is 9.47 Å². The third-order valence-electron chi connectivity index (χ3n) is 4.55. The molecule has 0 spiro atoms. The smallest absolute Gasteiger partial charge is 0.255 e. The number of hydrogen-bond acceptors (Lipinski definition) is 5. The Morgan fingerprint density at radius 1 is 0.966 bits per heavy atom. The van der Waals surface area contributed by atoms with E-state index in [1.807, 2.05) is 49.4 Å². The second-order valence-electron chi connectivity index (χ2n) is 6.58. The van der Waals surface area contributed by atoms with Crippen LogP contribution in [0.4, 0.5) is 5.69 Å². The summed E-state index contributed by atoms with van der Waals surface area (Å²) in [5.41, 5.74) is 2.85. The largest absolute Gasteiger partial charge is 0.454 e. The number of carbonyl (C=O) groups is 2. The highest BCUT2D eigenvalue weighted by Gasteiger charge is 2.16. The Balaban J connectivity index is 1.39. The number of nitrogens with one attached hydrogen (secondary N) is 1. The average molecular weight is 405 g/mol. The molecule has 1 aliphatic heterocycles. The highest BCUT2D eigenvalue weighted by molar-refractivity contribution is 8.00. The number of fused-ring (bicyclic) bond motifs is 1. The average Bonchev–Trinajstić information content (AvgIpc) is 3.20. The van der Waals surface area contributed by atoms with E-state index < -0.39 is 0 Å². The van der Waals surface area contributed by atoms with E-state index in [2.05, 4.69) is 5.32 Å². The summed E-state index contributed by atoms with van der Waals surface area (Å²) in [6.07, 6.45) is 0. The molecule has 146 valence electrons. The molecule has 1 heterocycles. The van der Waals surface area contributed by atoms with Gasteiger partial charge in [-0.05, 0) is 55.0 Å². The first-order valence-electron chi connectivity index (χ1n) is 9.13. The second-order valence-corrected chi connectivity index (χ2v) is 7.63. The number of thioether (sulfide) groups is 1. The molecule has 0 saturated heterocycles. The van der Waals surface area contributed by atoms with Crippen LogP contribution < -0.4 is 14.8 Å². The molecular formula is C23H19NO4S. The molecule has 1 N–H and O–H groups in total. The fourth-order valence-electron chi connectivity index (χ4n) is 2.99. The van der Waals surface area contributed by atoms with E-state index in [1.165, 1.54) is 11.8 Å². The van der Waals surface area contributed by atoms with E-state index in [9.17, 15) is 9.59 Å². The number of aryl methyl sites for hydroxylation is 1. The zero-order valence-corrected chi connectivity index (χ0v) is 16.6. The number of anilines is 1. The van der Waals surface area contributed by atoms with Crippen LogP contribution in [-0.2, 0) is 0 Å². The Kier molecular flexibility index (Phi) is 5.53. The van der Waals surface area contributed by atoms with Gasteiger partial charge in [-0.2, -0.15) is 0 Å². The molecule has 3 aromatic carbocycles. The molecule has 0 atom stereocenters. The molecule has 1 amide bonds. The summed E-state index contributed by atoms with van der Waals surface area (Å²) in [5, 5.41) is 2.92. The lowest BCUT2D eigenvalue weighted by Crippen LogP contribution is -2.13. The van der Waals surface area contributed by atoms with Gasteiger partial charge in [0.1, 0.15) is 0 Å². The minimum Gasteiger partial charge on any atom is -0.454 e. The van der Waals surface area contributed by atoms with Gasteiger partial charge in [-0.3, -0.25) is 9.59 Å². The lowest BCUT2D eigenvalue weighted by Gasteiger charge is -2.09. The van der Waals surface area contributed by atoms with Gasteiger partial charge >= 0.3 is 0 Å². The first kappa shape index (κ1) is 19.1. The molecule has 3 aromatic rings. The predicted octanol–water partition coefficient (Wildman–Crippen LogP) is 4.95. The van der Waals surface area contributed by atoms with Crippen LogP contribution in [0.2, 0.25) is 0 Å². The highest BCUT2D eigenvalue weighted by atomic mass is 32.2. The third kappa shape index (κ3) is 4.43. The number of amides is 1. The number of benzene rings is 3. The maximum Gasteiger partial charge on any atom is 0.255 e. The topological polar surface area (TPSA) is 64.6 Å². The Morgan fingerprint density at radius 3 is 2.66 bits per heavy atom. The number of ketones is 1. The van der Waals surface area contributed by atoms with E-state index in [0.29, 0.717) is 28.3 Å². The Morgan fingerprint density at radius 2 is 1.79 bits per heavy atom. The van der Waals surface area contributed by atoms with Crippen LogP contribution in [0.15, 0.2) is 71.6 Å². The van der Waals surface area contributed by atoms with Crippen molar-refractivity contribution in [1.82, 2.24) is 0 Å². The van der Waals surface area contributed by atoms with Crippen LogP contribution in [0.25, 0.3) is 0 Å². The van der Waals surface area contributed by atoms with Gasteiger partial charge in [0, 0.05) is 21.7 Å². The minimum atomic E-state index is -0.151. The summed E-state index contributed by atoms with van der Waals surface area (Å²) in [6.45, 7) is 2.09. The summed E-state index contributed by atoms with van der Waals surface area (Å²) in [7, 11) is 0. The Labute approximate surface area is 173 Å². The van der Waals surface area contributed by atoms with Gasteiger partial charge in [-0.1, -0.05) is 24.3 Å². The molecule has 0 bridgehead atoms. The molecule has 0 saturated carbocycles. The molecule has 5 nitrogen and oxygen atoms in total. The minimum absolute atomic E-state index is 0.00245. The number of Topliss-reactive ketones (excluding diaryl/α,β-unsaturated/α-hetero) is 1. The van der Waals surface area contributed by atoms with E-state index in [1.54, 1.807) is 24.3 Å². The molecule has 0 radical (unpaired) electrons. The summed E-state index contributed by atoms with van der Waals surface area (Å²) < 4.78 is 10.6. The van der Waals surface area contributed by atoms with Gasteiger partial charge in [-0.15, -0.1) is 11.8 Å². The maximum atomic E-state index is 12.5. The number of ether oxygens (including phenoxy) is 2. The van der Waals surface area contributed by atoms with Crippen molar-refractivity contribution in [2.24, 2.45) is 0 Å². The fraction of sp³-hybridized carbons (Fsp3) is 0.130. The van der Waals surface area contributed by atoms with Crippen LogP contribution in [0.5, 0.6) is 11.5 Å². The summed E-state index contributed by atoms with van der Waals surface area (Å²) >= 11 is 1.42.